The van der Waals surface area contributed by atoms with E-state index in [1.807, 2.05) is 9.80 Å². The van der Waals surface area contributed by atoms with E-state index in [1.54, 1.807) is 12.1 Å². The number of piperazine rings is 1. The van der Waals surface area contributed by atoms with Crippen LogP contribution in [0.3, 0.4) is 0 Å². The smallest absolute Gasteiger partial charge is 0.269 e. The van der Waals surface area contributed by atoms with Crippen molar-refractivity contribution in [1.82, 2.24) is 9.80 Å². The van der Waals surface area contributed by atoms with E-state index in [1.165, 1.54) is 18.6 Å². The van der Waals surface area contributed by atoms with Crippen LogP contribution >= 0.6 is 0 Å². The van der Waals surface area contributed by atoms with Crippen LogP contribution in [0.15, 0.2) is 24.3 Å². The van der Waals surface area contributed by atoms with Gasteiger partial charge in [-0.3, -0.25) is 19.7 Å². The third kappa shape index (κ3) is 4.38. The maximum Gasteiger partial charge on any atom is 0.269 e. The molecule has 168 valence electrons. The molecule has 4 rings (SSSR count). The van der Waals surface area contributed by atoms with E-state index < -0.39 is 4.92 Å². The molecule has 0 radical (unpaired) electrons. The lowest BCUT2D eigenvalue weighted by atomic mass is 9.77. The summed E-state index contributed by atoms with van der Waals surface area (Å²) in [4.78, 5) is 42.3. The number of non-ortho nitro benzene ring substituents is 1. The topological polar surface area (TPSA) is 87.0 Å². The molecule has 1 aromatic rings. The van der Waals surface area contributed by atoms with E-state index in [9.17, 15) is 19.7 Å². The molecule has 2 heterocycles. The highest BCUT2D eigenvalue weighted by molar-refractivity contribution is 5.89. The normalized spacial score (nSPS) is 29.4. The average molecular weight is 429 g/mol. The Labute approximate surface area is 183 Å². The molecule has 4 atom stereocenters. The molecule has 1 saturated carbocycles. The van der Waals surface area contributed by atoms with Gasteiger partial charge in [0.25, 0.3) is 5.69 Å². The predicted molar refractivity (Wildman–Crippen MR) is 118 cm³/mol. The Bertz CT molecular complexity index is 834. The quantitative estimate of drug-likeness (QED) is 0.544. The highest BCUT2D eigenvalue weighted by atomic mass is 16.6. The van der Waals surface area contributed by atoms with Gasteiger partial charge in [0.05, 0.1) is 10.8 Å². The van der Waals surface area contributed by atoms with Crippen LogP contribution in [-0.2, 0) is 9.59 Å². The van der Waals surface area contributed by atoms with Crippen LogP contribution in [0.2, 0.25) is 0 Å². The Balaban J connectivity index is 1.32. The molecular formula is C23H32N4O4. The molecule has 8 heteroatoms. The Morgan fingerprint density at radius 1 is 1.06 bits per heavy atom. The third-order valence-electron chi connectivity index (χ3n) is 7.59. The average Bonchev–Trinajstić information content (AvgIpc) is 3.16. The van der Waals surface area contributed by atoms with Crippen molar-refractivity contribution in [2.75, 3.05) is 37.6 Å². The van der Waals surface area contributed by atoms with Gasteiger partial charge >= 0.3 is 0 Å². The van der Waals surface area contributed by atoms with E-state index in [-0.39, 0.29) is 29.5 Å². The monoisotopic (exact) mass is 428 g/mol. The Morgan fingerprint density at radius 2 is 1.74 bits per heavy atom. The van der Waals surface area contributed by atoms with Gasteiger partial charge in [0, 0.05) is 63.0 Å². The zero-order chi connectivity index (χ0) is 22.1. The van der Waals surface area contributed by atoms with Crippen LogP contribution in [0.1, 0.15) is 39.5 Å². The number of carbonyl (C=O) groups is 2. The van der Waals surface area contributed by atoms with Crippen molar-refractivity contribution in [3.05, 3.63) is 34.4 Å². The van der Waals surface area contributed by atoms with E-state index in [2.05, 4.69) is 18.7 Å². The lowest BCUT2D eigenvalue weighted by Gasteiger charge is -2.40. The van der Waals surface area contributed by atoms with Crippen LogP contribution < -0.4 is 4.90 Å². The van der Waals surface area contributed by atoms with Gasteiger partial charge in [-0.25, -0.2) is 0 Å². The van der Waals surface area contributed by atoms with E-state index in [0.29, 0.717) is 51.0 Å². The first-order valence-corrected chi connectivity index (χ1v) is 11.4. The molecule has 0 bridgehead atoms. The number of likely N-dealkylation sites (tertiary alicyclic amines) is 1. The van der Waals surface area contributed by atoms with Gasteiger partial charge < -0.3 is 14.7 Å². The molecule has 31 heavy (non-hydrogen) atoms. The zero-order valence-electron chi connectivity index (χ0n) is 18.4. The number of carbonyl (C=O) groups excluding carboxylic acids is 2. The van der Waals surface area contributed by atoms with Gasteiger partial charge in [0.15, 0.2) is 0 Å². The lowest BCUT2D eigenvalue weighted by molar-refractivity contribution is -0.384. The summed E-state index contributed by atoms with van der Waals surface area (Å²) < 4.78 is 0. The molecule has 0 unspecified atom stereocenters. The van der Waals surface area contributed by atoms with Gasteiger partial charge in [-0.1, -0.05) is 26.7 Å². The molecule has 0 spiro atoms. The number of hydrogen-bond donors (Lipinski definition) is 0. The highest BCUT2D eigenvalue weighted by Crippen LogP contribution is 2.36. The second-order valence-corrected chi connectivity index (χ2v) is 9.37. The molecule has 3 aliphatic rings. The highest BCUT2D eigenvalue weighted by Gasteiger charge is 2.42. The molecule has 0 aromatic heterocycles. The molecule has 1 aliphatic carbocycles. The first-order valence-electron chi connectivity index (χ1n) is 11.4. The first-order chi connectivity index (χ1) is 14.8. The summed E-state index contributed by atoms with van der Waals surface area (Å²) in [5.41, 5.74) is 1.01. The summed E-state index contributed by atoms with van der Waals surface area (Å²) in [6.07, 6.45) is 3.76. The molecule has 3 fully saturated rings. The van der Waals surface area contributed by atoms with Crippen molar-refractivity contribution in [3.63, 3.8) is 0 Å². The number of rotatable bonds is 4. The fraction of sp³-hybridized carbons (Fsp3) is 0.652. The van der Waals surface area contributed by atoms with Crippen LogP contribution in [-0.4, -0.2) is 65.3 Å². The van der Waals surface area contributed by atoms with Gasteiger partial charge in [0.1, 0.15) is 0 Å². The van der Waals surface area contributed by atoms with Crippen molar-refractivity contribution in [1.29, 1.82) is 0 Å². The Hall–Kier alpha value is -2.64. The zero-order valence-corrected chi connectivity index (χ0v) is 18.4. The Kier molecular flexibility index (Phi) is 6.16. The minimum atomic E-state index is -0.401. The van der Waals surface area contributed by atoms with Gasteiger partial charge in [0.2, 0.25) is 11.8 Å². The number of anilines is 1. The first kappa shape index (κ1) is 21.6. The number of nitro groups is 1. The van der Waals surface area contributed by atoms with E-state index >= 15 is 0 Å². The molecule has 8 nitrogen and oxygen atoms in total. The fourth-order valence-corrected chi connectivity index (χ4v) is 5.44. The third-order valence-corrected chi connectivity index (χ3v) is 7.59. The van der Waals surface area contributed by atoms with Crippen molar-refractivity contribution in [3.8, 4) is 0 Å². The second kappa shape index (κ2) is 8.85. The molecule has 2 amide bonds. The molecule has 2 saturated heterocycles. The predicted octanol–water partition coefficient (Wildman–Crippen LogP) is 2.92. The fourth-order valence-electron chi connectivity index (χ4n) is 5.44. The number of hydrogen-bond acceptors (Lipinski definition) is 5. The number of benzene rings is 1. The number of nitro benzene ring substituents is 1. The van der Waals surface area contributed by atoms with Crippen molar-refractivity contribution >= 4 is 23.2 Å². The molecule has 2 aliphatic heterocycles. The van der Waals surface area contributed by atoms with Crippen molar-refractivity contribution in [2.24, 2.45) is 17.8 Å². The molecular weight excluding hydrogens is 396 g/mol. The number of amides is 2. The summed E-state index contributed by atoms with van der Waals surface area (Å²) in [5.74, 6) is 1.10. The van der Waals surface area contributed by atoms with Crippen molar-refractivity contribution in [2.45, 2.75) is 45.6 Å². The van der Waals surface area contributed by atoms with Crippen LogP contribution in [0.4, 0.5) is 11.4 Å². The maximum absolute atomic E-state index is 13.1. The van der Waals surface area contributed by atoms with Gasteiger partial charge in [-0.2, -0.15) is 0 Å². The SMILES string of the molecule is C[C@@H]1[C@H](C)CCC[C@@H]1N1C[C@H](C(=O)N2CCN(c3ccc([N+](=O)[O-])cc3)CC2)CC1=O. The summed E-state index contributed by atoms with van der Waals surface area (Å²) in [5, 5.41) is 10.8. The van der Waals surface area contributed by atoms with Gasteiger partial charge in [-0.15, -0.1) is 0 Å². The van der Waals surface area contributed by atoms with Crippen LogP contribution in [0.5, 0.6) is 0 Å². The summed E-state index contributed by atoms with van der Waals surface area (Å²) in [6, 6.07) is 6.82. The van der Waals surface area contributed by atoms with Crippen molar-refractivity contribution < 1.29 is 14.5 Å². The van der Waals surface area contributed by atoms with Gasteiger partial charge in [-0.05, 0) is 30.4 Å². The summed E-state index contributed by atoms with van der Waals surface area (Å²) in [7, 11) is 0. The summed E-state index contributed by atoms with van der Waals surface area (Å²) in [6.45, 7) is 7.66. The minimum absolute atomic E-state index is 0.0784. The number of nitrogens with zero attached hydrogens (tertiary/aromatic N) is 4. The van der Waals surface area contributed by atoms with Crippen LogP contribution in [0, 0.1) is 27.9 Å². The maximum atomic E-state index is 13.1. The minimum Gasteiger partial charge on any atom is -0.368 e. The second-order valence-electron chi connectivity index (χ2n) is 9.37. The summed E-state index contributed by atoms with van der Waals surface area (Å²) >= 11 is 0. The van der Waals surface area contributed by atoms with E-state index in [4.69, 9.17) is 0 Å². The Morgan fingerprint density at radius 3 is 2.39 bits per heavy atom. The van der Waals surface area contributed by atoms with Crippen LogP contribution in [0.25, 0.3) is 0 Å². The molecule has 0 N–H and O–H groups in total. The standard InChI is InChI=1S/C23H32N4O4/c1-16-4-3-5-21(17(16)2)26-15-18(14-22(26)28)23(29)25-12-10-24(11-13-25)19-6-8-20(9-7-19)27(30)31/h6-9,16-18,21H,3-5,10-15H2,1-2H3/t16-,17-,18-,21+/m1/s1. The largest absolute Gasteiger partial charge is 0.368 e. The van der Waals surface area contributed by atoms with E-state index in [0.717, 1.165) is 18.5 Å². The molecule has 1 aromatic carbocycles. The lowest BCUT2D eigenvalue weighted by Crippen LogP contribution is -2.51.